The molecule has 0 saturated carbocycles. The van der Waals surface area contributed by atoms with Crippen LogP contribution in [0.25, 0.3) is 0 Å². The van der Waals surface area contributed by atoms with Crippen LogP contribution in [0, 0.1) is 0 Å². The minimum atomic E-state index is -0.935. The Morgan fingerprint density at radius 2 is 1.65 bits per heavy atom. The highest BCUT2D eigenvalue weighted by Gasteiger charge is 2.46. The van der Waals surface area contributed by atoms with Crippen LogP contribution in [0.4, 0.5) is 15.3 Å². The van der Waals surface area contributed by atoms with Crippen LogP contribution in [0.1, 0.15) is 57.6 Å². The summed E-state index contributed by atoms with van der Waals surface area (Å²) < 4.78 is 10.8. The molecule has 2 aromatic carbocycles. The average Bonchev–Trinajstić information content (AvgIpc) is 3.66. The Kier molecular flexibility index (Phi) is 9.59. The highest BCUT2D eigenvalue weighted by atomic mass is 16.6. The van der Waals surface area contributed by atoms with E-state index in [1.807, 2.05) is 30.3 Å². The smallest absolute Gasteiger partial charge is 0.437 e. The molecule has 2 fully saturated rings. The van der Waals surface area contributed by atoms with Crippen molar-refractivity contribution in [1.29, 1.82) is 0 Å². The molecule has 0 radical (unpaired) electrons. The van der Waals surface area contributed by atoms with Crippen molar-refractivity contribution in [2.24, 2.45) is 10.7 Å². The number of hydrogen-bond donors (Lipinski definition) is 2. The number of nitrogens with zero attached hydrogens (tertiary/aromatic N) is 4. The molecule has 0 spiro atoms. The zero-order valence-electron chi connectivity index (χ0n) is 26.3. The Morgan fingerprint density at radius 3 is 2.39 bits per heavy atom. The van der Waals surface area contributed by atoms with Gasteiger partial charge in [-0.2, -0.15) is 0 Å². The molecule has 3 N–H and O–H groups in total. The van der Waals surface area contributed by atoms with E-state index in [-0.39, 0.29) is 25.0 Å². The first-order valence-corrected chi connectivity index (χ1v) is 15.5. The molecule has 0 bridgehead atoms. The van der Waals surface area contributed by atoms with Gasteiger partial charge in [-0.3, -0.25) is 24.2 Å². The number of fused-ring (bicyclic) bond motifs is 1. The van der Waals surface area contributed by atoms with Gasteiger partial charge in [0.15, 0.2) is 0 Å². The van der Waals surface area contributed by atoms with Crippen LogP contribution in [0.3, 0.4) is 0 Å². The van der Waals surface area contributed by atoms with E-state index < -0.39 is 47.7 Å². The molecule has 244 valence electrons. The van der Waals surface area contributed by atoms with Crippen molar-refractivity contribution in [3.63, 3.8) is 0 Å². The van der Waals surface area contributed by atoms with E-state index >= 15 is 0 Å². The molecule has 0 aliphatic carbocycles. The van der Waals surface area contributed by atoms with Crippen LogP contribution in [-0.4, -0.2) is 82.5 Å². The second kappa shape index (κ2) is 13.6. The van der Waals surface area contributed by atoms with E-state index in [0.29, 0.717) is 44.3 Å². The van der Waals surface area contributed by atoms with Crippen molar-refractivity contribution < 1.29 is 33.4 Å². The van der Waals surface area contributed by atoms with E-state index in [4.69, 9.17) is 15.2 Å². The highest BCUT2D eigenvalue weighted by molar-refractivity contribution is 6.04. The molecular formula is C33H40N6O7. The minimum Gasteiger partial charge on any atom is -0.443 e. The summed E-state index contributed by atoms with van der Waals surface area (Å²) in [6.45, 7) is 5.84. The molecular weight excluding hydrogens is 592 g/mol. The number of likely N-dealkylation sites (tertiary alicyclic amines) is 2. The number of ether oxygens (including phenoxy) is 2. The fourth-order valence-electron chi connectivity index (χ4n) is 6.02. The molecule has 13 nitrogen and oxygen atoms in total. The summed E-state index contributed by atoms with van der Waals surface area (Å²) in [6.07, 6.45) is 0.586. The lowest BCUT2D eigenvalue weighted by molar-refractivity contribution is -0.141. The molecule has 3 atom stereocenters. The number of carbonyl (C=O) groups is 5. The molecule has 2 aromatic rings. The van der Waals surface area contributed by atoms with Crippen molar-refractivity contribution >= 4 is 41.6 Å². The summed E-state index contributed by atoms with van der Waals surface area (Å²) >= 11 is 0. The van der Waals surface area contributed by atoms with E-state index in [2.05, 4.69) is 10.3 Å². The van der Waals surface area contributed by atoms with Gasteiger partial charge in [0.1, 0.15) is 30.3 Å². The van der Waals surface area contributed by atoms with Crippen molar-refractivity contribution in [2.75, 3.05) is 18.0 Å². The van der Waals surface area contributed by atoms with Crippen LogP contribution >= 0.6 is 0 Å². The highest BCUT2D eigenvalue weighted by Crippen LogP contribution is 2.35. The second-order valence-corrected chi connectivity index (χ2v) is 12.6. The Morgan fingerprint density at radius 1 is 0.957 bits per heavy atom. The van der Waals surface area contributed by atoms with Gasteiger partial charge in [0.05, 0.1) is 5.69 Å². The van der Waals surface area contributed by atoms with Crippen LogP contribution < -0.4 is 16.0 Å². The monoisotopic (exact) mass is 632 g/mol. The molecule has 13 heteroatoms. The number of anilines is 1. The van der Waals surface area contributed by atoms with Crippen LogP contribution in [-0.2, 0) is 36.9 Å². The number of nitrogens with one attached hydrogen (secondary N) is 1. The number of para-hydroxylation sites is 1. The van der Waals surface area contributed by atoms with Crippen molar-refractivity contribution in [1.82, 2.24) is 15.1 Å². The van der Waals surface area contributed by atoms with Crippen molar-refractivity contribution in [2.45, 2.75) is 83.2 Å². The fraction of sp³-hybridized carbons (Fsp3) is 0.455. The van der Waals surface area contributed by atoms with E-state index in [9.17, 15) is 24.0 Å². The zero-order chi connectivity index (χ0) is 33.0. The first-order valence-electron chi connectivity index (χ1n) is 15.5. The van der Waals surface area contributed by atoms with Crippen LogP contribution in [0.15, 0.2) is 59.6 Å². The molecule has 3 aliphatic rings. The third-order valence-corrected chi connectivity index (χ3v) is 8.13. The maximum Gasteiger partial charge on any atom is 0.437 e. The Balaban J connectivity index is 1.23. The SMILES string of the molecule is CC(C)(C)OC(=O)N1c2ccccc2CC1C(=O)N1CCC[C@H]1C(=O)N[C@H]1CCCN(/C(N)=N/C(=O)OCc2ccccc2)C1=O. The third-order valence-electron chi connectivity index (χ3n) is 8.13. The van der Waals surface area contributed by atoms with Gasteiger partial charge in [-0.25, -0.2) is 9.59 Å². The number of guanidine groups is 1. The number of hydrogen-bond acceptors (Lipinski definition) is 7. The topological polar surface area (TPSA) is 164 Å². The molecule has 3 aliphatic heterocycles. The van der Waals surface area contributed by atoms with Gasteiger partial charge in [-0.15, -0.1) is 4.99 Å². The minimum absolute atomic E-state index is 0.00215. The molecule has 0 aromatic heterocycles. The van der Waals surface area contributed by atoms with Crippen molar-refractivity contribution in [3.05, 3.63) is 65.7 Å². The average molecular weight is 633 g/mol. The maximum absolute atomic E-state index is 14.0. The van der Waals surface area contributed by atoms with Crippen LogP contribution in [0.2, 0.25) is 0 Å². The molecule has 46 heavy (non-hydrogen) atoms. The van der Waals surface area contributed by atoms with Gasteiger partial charge >= 0.3 is 12.2 Å². The Hall–Kier alpha value is -4.94. The lowest BCUT2D eigenvalue weighted by Gasteiger charge is -2.34. The number of benzene rings is 2. The number of aliphatic imine (C=N–C) groups is 1. The van der Waals surface area contributed by atoms with E-state index in [0.717, 1.165) is 16.0 Å². The normalized spacial score (nSPS) is 21.5. The molecule has 5 rings (SSSR count). The largest absolute Gasteiger partial charge is 0.443 e. The summed E-state index contributed by atoms with van der Waals surface area (Å²) in [7, 11) is 0. The summed E-state index contributed by atoms with van der Waals surface area (Å²) in [5.41, 5.74) is 7.46. The van der Waals surface area contributed by atoms with E-state index in [1.54, 1.807) is 45.0 Å². The molecule has 5 amide bonds. The Bertz CT molecular complexity index is 1520. The van der Waals surface area contributed by atoms with Gasteiger partial charge in [-0.05, 0) is 63.6 Å². The summed E-state index contributed by atoms with van der Waals surface area (Å²) in [6, 6.07) is 13.7. The molecule has 3 heterocycles. The van der Waals surface area contributed by atoms with Gasteiger partial charge in [-0.1, -0.05) is 48.5 Å². The van der Waals surface area contributed by atoms with Gasteiger partial charge in [0.2, 0.25) is 17.8 Å². The van der Waals surface area contributed by atoms with Gasteiger partial charge in [0.25, 0.3) is 5.91 Å². The summed E-state index contributed by atoms with van der Waals surface area (Å²) in [4.78, 5) is 74.2. The summed E-state index contributed by atoms with van der Waals surface area (Å²) in [5, 5.41) is 2.80. The molecule has 1 unspecified atom stereocenters. The number of amides is 5. The van der Waals surface area contributed by atoms with Gasteiger partial charge < -0.3 is 25.4 Å². The van der Waals surface area contributed by atoms with Gasteiger partial charge in [0, 0.05) is 19.5 Å². The zero-order valence-corrected chi connectivity index (χ0v) is 26.3. The standard InChI is InChI=1S/C33H40N6O7/c1-33(2,3)46-32(44)39-24-15-8-7-13-22(24)19-26(39)29(42)37-17-10-16-25(37)27(40)35-23-14-9-18-38(28(23)41)30(34)36-31(43)45-20-21-11-5-4-6-12-21/h4-8,11-13,15,23,25-26H,9-10,14,16-20H2,1-3H3,(H,35,40)(H2,34,36,43)/t23-,25-,26?/m0/s1. The quantitative estimate of drug-likeness (QED) is 0.375. The predicted octanol–water partition coefficient (Wildman–Crippen LogP) is 3.10. The lowest BCUT2D eigenvalue weighted by Crippen LogP contribution is -2.59. The number of rotatable bonds is 5. The lowest BCUT2D eigenvalue weighted by atomic mass is 10.0. The third kappa shape index (κ3) is 7.30. The molecule has 2 saturated heterocycles. The maximum atomic E-state index is 14.0. The fourth-order valence-corrected chi connectivity index (χ4v) is 6.02. The van der Waals surface area contributed by atoms with Crippen LogP contribution in [0.5, 0.6) is 0 Å². The first-order chi connectivity index (χ1) is 21.9. The number of piperidine rings is 1. The number of nitrogens with two attached hydrogens (primary N) is 1. The second-order valence-electron chi connectivity index (χ2n) is 12.6. The van der Waals surface area contributed by atoms with E-state index in [1.165, 1.54) is 9.80 Å². The number of carbonyl (C=O) groups excluding carboxylic acids is 5. The first kappa shape index (κ1) is 32.5. The summed E-state index contributed by atoms with van der Waals surface area (Å²) in [5.74, 6) is -1.65. The Labute approximate surface area is 267 Å². The van der Waals surface area contributed by atoms with Crippen molar-refractivity contribution in [3.8, 4) is 0 Å². The predicted molar refractivity (Wildman–Crippen MR) is 169 cm³/mol.